The first kappa shape index (κ1) is 23.2. The van der Waals surface area contributed by atoms with Gasteiger partial charge in [-0.2, -0.15) is 0 Å². The summed E-state index contributed by atoms with van der Waals surface area (Å²) in [6.45, 7) is 6.23. The van der Waals surface area contributed by atoms with Gasteiger partial charge in [0, 0.05) is 12.2 Å². The number of aromatic nitrogens is 2. The molecule has 1 heterocycles. The zero-order chi connectivity index (χ0) is 24.2. The van der Waals surface area contributed by atoms with Crippen molar-refractivity contribution in [3.8, 4) is 5.69 Å². The van der Waals surface area contributed by atoms with Crippen LogP contribution in [-0.2, 0) is 0 Å². The van der Waals surface area contributed by atoms with E-state index < -0.39 is 17.9 Å². The highest BCUT2D eigenvalue weighted by atomic mass is 19.1. The first-order valence-electron chi connectivity index (χ1n) is 11.3. The predicted molar refractivity (Wildman–Crippen MR) is 133 cm³/mol. The number of amides is 2. The molecule has 1 atom stereocenters. The molecule has 0 aliphatic carbocycles. The van der Waals surface area contributed by atoms with Gasteiger partial charge in [0.2, 0.25) is 0 Å². The molecule has 0 spiro atoms. The first-order valence-corrected chi connectivity index (χ1v) is 11.3. The van der Waals surface area contributed by atoms with Crippen LogP contribution in [0.3, 0.4) is 0 Å². The smallest absolute Gasteiger partial charge is 0.315 e. The lowest BCUT2D eigenvalue weighted by Gasteiger charge is -2.30. The van der Waals surface area contributed by atoms with Crippen molar-refractivity contribution >= 4 is 22.6 Å². The predicted octanol–water partition coefficient (Wildman–Crippen LogP) is 5.84. The van der Waals surface area contributed by atoms with Gasteiger partial charge in [-0.15, -0.1) is 0 Å². The fraction of sp³-hybridized carbons (Fsp3) is 0.222. The Labute approximate surface area is 197 Å². The van der Waals surface area contributed by atoms with Crippen LogP contribution >= 0.6 is 0 Å². The van der Waals surface area contributed by atoms with Gasteiger partial charge >= 0.3 is 6.03 Å². The summed E-state index contributed by atoms with van der Waals surface area (Å²) in [7, 11) is 0. The van der Waals surface area contributed by atoms with Crippen LogP contribution in [0.25, 0.3) is 16.6 Å². The highest BCUT2D eigenvalue weighted by molar-refractivity contribution is 5.89. The summed E-state index contributed by atoms with van der Waals surface area (Å²) in [5, 5.41) is 3.27. The fourth-order valence-electron chi connectivity index (χ4n) is 3.99. The van der Waals surface area contributed by atoms with Crippen molar-refractivity contribution in [3.05, 3.63) is 100 Å². The van der Waals surface area contributed by atoms with Crippen LogP contribution in [0.2, 0.25) is 0 Å². The van der Waals surface area contributed by atoms with Crippen molar-refractivity contribution in [2.24, 2.45) is 0 Å². The van der Waals surface area contributed by atoms with Crippen LogP contribution in [-0.4, -0.2) is 27.0 Å². The molecule has 0 fully saturated rings. The van der Waals surface area contributed by atoms with Crippen molar-refractivity contribution in [1.29, 1.82) is 0 Å². The monoisotopic (exact) mass is 458 g/mol. The second-order valence-electron chi connectivity index (χ2n) is 8.27. The van der Waals surface area contributed by atoms with Gasteiger partial charge < -0.3 is 10.2 Å². The third kappa shape index (κ3) is 4.69. The minimum atomic E-state index is -0.535. The Morgan fingerprint density at radius 3 is 2.53 bits per heavy atom. The van der Waals surface area contributed by atoms with Crippen molar-refractivity contribution in [2.45, 2.75) is 33.2 Å². The number of rotatable bonds is 6. The van der Waals surface area contributed by atoms with E-state index in [1.807, 2.05) is 57.2 Å². The normalized spacial score (nSPS) is 11.9. The molecule has 0 saturated heterocycles. The minimum absolute atomic E-state index is 0.196. The number of carbonyl (C=O) groups excluding carboxylic acids is 1. The second-order valence-corrected chi connectivity index (χ2v) is 8.27. The molecule has 4 aromatic rings. The summed E-state index contributed by atoms with van der Waals surface area (Å²) >= 11 is 0. The number of hydrogen-bond donors (Lipinski definition) is 1. The number of urea groups is 1. The number of halogens is 1. The van der Waals surface area contributed by atoms with Gasteiger partial charge in [-0.25, -0.2) is 14.2 Å². The molecular formula is C27H27FN4O2. The maximum Gasteiger partial charge on any atom is 0.322 e. The topological polar surface area (TPSA) is 67.2 Å². The molecule has 1 unspecified atom stereocenters. The maximum atomic E-state index is 13.6. The molecule has 7 heteroatoms. The van der Waals surface area contributed by atoms with Gasteiger partial charge in [0.25, 0.3) is 5.56 Å². The zero-order valence-electron chi connectivity index (χ0n) is 19.5. The molecule has 0 saturated carbocycles. The van der Waals surface area contributed by atoms with E-state index in [9.17, 15) is 14.0 Å². The van der Waals surface area contributed by atoms with Gasteiger partial charge in [-0.3, -0.25) is 9.36 Å². The third-order valence-corrected chi connectivity index (χ3v) is 5.74. The Kier molecular flexibility index (Phi) is 6.72. The number of hydrogen-bond acceptors (Lipinski definition) is 3. The van der Waals surface area contributed by atoms with E-state index in [1.54, 1.807) is 33.7 Å². The van der Waals surface area contributed by atoms with E-state index in [0.717, 1.165) is 5.56 Å². The van der Waals surface area contributed by atoms with Crippen LogP contribution in [0.1, 0.15) is 37.7 Å². The SMILES string of the molecule is CCCN(C(=O)Nc1cccc(F)c1)C(C)c1nc2ccccc2c(=O)n1-c1ccc(C)cc1. The number of aryl methyl sites for hydroxylation is 1. The van der Waals surface area contributed by atoms with E-state index in [-0.39, 0.29) is 5.56 Å². The average molecular weight is 459 g/mol. The summed E-state index contributed by atoms with van der Waals surface area (Å²) < 4.78 is 15.2. The molecule has 34 heavy (non-hydrogen) atoms. The standard InChI is InChI=1S/C27H27FN4O2/c1-4-16-31(27(34)29-21-9-7-8-20(28)17-21)19(3)25-30-24-11-6-5-10-23(24)26(33)32(25)22-14-12-18(2)13-15-22/h5-15,17,19H,4,16H2,1-3H3,(H,29,34). The Hall–Kier alpha value is -4.00. The van der Waals surface area contributed by atoms with Gasteiger partial charge in [-0.05, 0) is 62.7 Å². The van der Waals surface area contributed by atoms with Crippen molar-refractivity contribution in [1.82, 2.24) is 14.5 Å². The van der Waals surface area contributed by atoms with Gasteiger partial charge in [0.1, 0.15) is 11.6 Å². The number of anilines is 1. The highest BCUT2D eigenvalue weighted by Crippen LogP contribution is 2.24. The molecule has 0 aliphatic heterocycles. The fourth-order valence-corrected chi connectivity index (χ4v) is 3.99. The first-order chi connectivity index (χ1) is 16.4. The van der Waals surface area contributed by atoms with Gasteiger partial charge in [0.15, 0.2) is 0 Å². The van der Waals surface area contributed by atoms with Crippen LogP contribution in [0.5, 0.6) is 0 Å². The zero-order valence-corrected chi connectivity index (χ0v) is 19.5. The lowest BCUT2D eigenvalue weighted by Crippen LogP contribution is -2.40. The minimum Gasteiger partial charge on any atom is -0.315 e. The van der Waals surface area contributed by atoms with Crippen LogP contribution in [0.15, 0.2) is 77.6 Å². The van der Waals surface area contributed by atoms with E-state index in [1.165, 1.54) is 12.1 Å². The average Bonchev–Trinajstić information content (AvgIpc) is 2.83. The molecule has 6 nitrogen and oxygen atoms in total. The number of para-hydroxylation sites is 1. The lowest BCUT2D eigenvalue weighted by molar-refractivity contribution is 0.189. The molecule has 1 aromatic heterocycles. The highest BCUT2D eigenvalue weighted by Gasteiger charge is 2.26. The van der Waals surface area contributed by atoms with Crippen molar-refractivity contribution < 1.29 is 9.18 Å². The summed E-state index contributed by atoms with van der Waals surface area (Å²) in [6, 6.07) is 19.6. The summed E-state index contributed by atoms with van der Waals surface area (Å²) in [6.07, 6.45) is 0.698. The van der Waals surface area contributed by atoms with Gasteiger partial charge in [0.05, 0.1) is 22.6 Å². The summed E-state index contributed by atoms with van der Waals surface area (Å²) in [5.41, 5.74) is 2.48. The van der Waals surface area contributed by atoms with E-state index in [0.29, 0.717) is 41.1 Å². The molecule has 4 rings (SSSR count). The van der Waals surface area contributed by atoms with E-state index in [4.69, 9.17) is 4.98 Å². The third-order valence-electron chi connectivity index (χ3n) is 5.74. The second kappa shape index (κ2) is 9.87. The number of benzene rings is 3. The maximum absolute atomic E-state index is 13.6. The Balaban J connectivity index is 1.82. The quantitative estimate of drug-likeness (QED) is 0.395. The number of nitrogens with zero attached hydrogens (tertiary/aromatic N) is 3. The molecule has 0 aliphatic rings. The largest absolute Gasteiger partial charge is 0.322 e. The summed E-state index contributed by atoms with van der Waals surface area (Å²) in [5.74, 6) is 0.0210. The molecule has 0 radical (unpaired) electrons. The molecule has 0 bridgehead atoms. The number of nitrogens with one attached hydrogen (secondary N) is 1. The summed E-state index contributed by atoms with van der Waals surface area (Å²) in [4.78, 5) is 33.3. The molecule has 2 amide bonds. The molecule has 174 valence electrons. The van der Waals surface area contributed by atoms with Crippen molar-refractivity contribution in [3.63, 3.8) is 0 Å². The van der Waals surface area contributed by atoms with E-state index in [2.05, 4.69) is 5.32 Å². The Bertz CT molecular complexity index is 1380. The van der Waals surface area contributed by atoms with E-state index >= 15 is 0 Å². The molecule has 1 N–H and O–H groups in total. The van der Waals surface area contributed by atoms with Gasteiger partial charge in [-0.1, -0.05) is 42.8 Å². The molecular weight excluding hydrogens is 431 g/mol. The Morgan fingerprint density at radius 1 is 1.09 bits per heavy atom. The van der Waals surface area contributed by atoms with Crippen molar-refractivity contribution in [2.75, 3.05) is 11.9 Å². The van der Waals surface area contributed by atoms with Crippen LogP contribution < -0.4 is 10.9 Å². The Morgan fingerprint density at radius 2 is 1.82 bits per heavy atom. The lowest BCUT2D eigenvalue weighted by atomic mass is 10.1. The van der Waals surface area contributed by atoms with Crippen LogP contribution in [0.4, 0.5) is 14.9 Å². The van der Waals surface area contributed by atoms with Crippen LogP contribution in [0, 0.1) is 12.7 Å². The number of carbonyl (C=O) groups is 1. The molecule has 3 aromatic carbocycles. The number of fused-ring (bicyclic) bond motifs is 1.